The molecule has 3 rings (SSSR count). The molecule has 0 unspecified atom stereocenters. The molecule has 2 N–H and O–H groups in total. The van der Waals surface area contributed by atoms with Crippen LogP contribution in [0.1, 0.15) is 0 Å². The fraction of sp³-hybridized carbons (Fsp3) is 0.333. The summed E-state index contributed by atoms with van der Waals surface area (Å²) < 4.78 is 18.1. The standard InChI is InChI=1S/C21H25FN4O3/c1-29-19-8-6-18(7-9-19)26-14-12-25(13-15-26)11-10-23-20(27)21(28)24-17-4-2-16(22)3-5-17/h2-9H,10-15H2,1H3,(H,23,27)(H,24,28). The molecule has 2 aromatic carbocycles. The summed E-state index contributed by atoms with van der Waals surface area (Å²) in [4.78, 5) is 28.3. The third-order valence-corrected chi connectivity index (χ3v) is 4.83. The van der Waals surface area contributed by atoms with Gasteiger partial charge in [0.2, 0.25) is 0 Å². The number of benzene rings is 2. The summed E-state index contributed by atoms with van der Waals surface area (Å²) in [5.74, 6) is -1.03. The fourth-order valence-electron chi connectivity index (χ4n) is 3.15. The summed E-state index contributed by atoms with van der Waals surface area (Å²) in [6.45, 7) is 4.61. The van der Waals surface area contributed by atoms with Gasteiger partial charge in [0, 0.05) is 50.6 Å². The number of hydrogen-bond donors (Lipinski definition) is 2. The van der Waals surface area contributed by atoms with Gasteiger partial charge in [-0.3, -0.25) is 14.5 Å². The maximum absolute atomic E-state index is 12.9. The molecule has 1 aliphatic heterocycles. The van der Waals surface area contributed by atoms with E-state index < -0.39 is 17.6 Å². The molecule has 1 heterocycles. The molecule has 8 heteroatoms. The van der Waals surface area contributed by atoms with Crippen LogP contribution in [-0.2, 0) is 9.59 Å². The lowest BCUT2D eigenvalue weighted by molar-refractivity contribution is -0.136. The van der Waals surface area contributed by atoms with Gasteiger partial charge in [-0.2, -0.15) is 0 Å². The minimum atomic E-state index is -0.763. The first-order chi connectivity index (χ1) is 14.0. The first-order valence-corrected chi connectivity index (χ1v) is 9.51. The highest BCUT2D eigenvalue weighted by Crippen LogP contribution is 2.20. The van der Waals surface area contributed by atoms with Gasteiger partial charge in [0.15, 0.2) is 0 Å². The van der Waals surface area contributed by atoms with Crippen molar-refractivity contribution in [2.75, 3.05) is 56.6 Å². The van der Waals surface area contributed by atoms with Crippen molar-refractivity contribution in [3.63, 3.8) is 0 Å². The number of carbonyl (C=O) groups excluding carboxylic acids is 2. The molecule has 0 spiro atoms. The monoisotopic (exact) mass is 400 g/mol. The highest BCUT2D eigenvalue weighted by Gasteiger charge is 2.18. The predicted octanol–water partition coefficient (Wildman–Crippen LogP) is 1.71. The van der Waals surface area contributed by atoms with E-state index in [9.17, 15) is 14.0 Å². The van der Waals surface area contributed by atoms with E-state index in [1.165, 1.54) is 24.3 Å². The summed E-state index contributed by atoms with van der Waals surface area (Å²) in [6.07, 6.45) is 0. The summed E-state index contributed by atoms with van der Waals surface area (Å²) in [7, 11) is 1.65. The average molecular weight is 400 g/mol. The summed E-state index contributed by atoms with van der Waals surface area (Å²) >= 11 is 0. The zero-order valence-electron chi connectivity index (χ0n) is 16.4. The van der Waals surface area contributed by atoms with E-state index >= 15 is 0 Å². The van der Waals surface area contributed by atoms with Crippen LogP contribution >= 0.6 is 0 Å². The van der Waals surface area contributed by atoms with Crippen LogP contribution in [0.4, 0.5) is 15.8 Å². The number of carbonyl (C=O) groups is 2. The maximum atomic E-state index is 12.9. The first-order valence-electron chi connectivity index (χ1n) is 9.51. The number of halogens is 1. The summed E-state index contributed by atoms with van der Waals surface area (Å²) in [5, 5.41) is 5.07. The molecule has 2 amide bonds. The van der Waals surface area contributed by atoms with Crippen molar-refractivity contribution in [3.05, 3.63) is 54.3 Å². The van der Waals surface area contributed by atoms with Crippen LogP contribution in [0.2, 0.25) is 0 Å². The highest BCUT2D eigenvalue weighted by atomic mass is 19.1. The molecule has 1 fully saturated rings. The third kappa shape index (κ3) is 5.92. The molecule has 0 bridgehead atoms. The summed E-state index contributed by atoms with van der Waals surface area (Å²) in [6, 6.07) is 13.3. The Morgan fingerprint density at radius 2 is 1.62 bits per heavy atom. The van der Waals surface area contributed by atoms with Gasteiger partial charge in [0.05, 0.1) is 7.11 Å². The normalized spacial score (nSPS) is 14.3. The maximum Gasteiger partial charge on any atom is 0.313 e. The van der Waals surface area contributed by atoms with Gasteiger partial charge in [0.25, 0.3) is 0 Å². The van der Waals surface area contributed by atoms with Crippen molar-refractivity contribution >= 4 is 23.2 Å². The number of hydrogen-bond acceptors (Lipinski definition) is 5. The van der Waals surface area contributed by atoms with E-state index in [0.717, 1.165) is 37.6 Å². The second-order valence-electron chi connectivity index (χ2n) is 6.74. The Kier molecular flexibility index (Phi) is 7.02. The van der Waals surface area contributed by atoms with Crippen LogP contribution in [0.25, 0.3) is 0 Å². The number of anilines is 2. The lowest BCUT2D eigenvalue weighted by Gasteiger charge is -2.36. The van der Waals surface area contributed by atoms with Gasteiger partial charge in [0.1, 0.15) is 11.6 Å². The molecule has 7 nitrogen and oxygen atoms in total. The molecule has 0 saturated carbocycles. The van der Waals surface area contributed by atoms with Crippen molar-refractivity contribution in [1.29, 1.82) is 0 Å². The van der Waals surface area contributed by atoms with Crippen molar-refractivity contribution in [2.24, 2.45) is 0 Å². The van der Waals surface area contributed by atoms with Crippen LogP contribution in [0.15, 0.2) is 48.5 Å². The van der Waals surface area contributed by atoms with E-state index in [4.69, 9.17) is 4.74 Å². The van der Waals surface area contributed by atoms with Gasteiger partial charge in [-0.05, 0) is 48.5 Å². The predicted molar refractivity (Wildman–Crippen MR) is 110 cm³/mol. The molecular formula is C21H25FN4O3. The van der Waals surface area contributed by atoms with Crippen LogP contribution in [0.5, 0.6) is 5.75 Å². The summed E-state index contributed by atoms with van der Waals surface area (Å²) in [5.41, 5.74) is 1.54. The van der Waals surface area contributed by atoms with E-state index in [1.54, 1.807) is 7.11 Å². The molecule has 1 saturated heterocycles. The topological polar surface area (TPSA) is 73.9 Å². The Balaban J connectivity index is 1.36. The lowest BCUT2D eigenvalue weighted by Crippen LogP contribution is -2.49. The van der Waals surface area contributed by atoms with E-state index in [2.05, 4.69) is 32.6 Å². The third-order valence-electron chi connectivity index (χ3n) is 4.83. The quantitative estimate of drug-likeness (QED) is 0.723. The molecule has 0 aromatic heterocycles. The number of piperazine rings is 1. The van der Waals surface area contributed by atoms with Crippen LogP contribution in [0.3, 0.4) is 0 Å². The molecular weight excluding hydrogens is 375 g/mol. The SMILES string of the molecule is COc1ccc(N2CCN(CCNC(=O)C(=O)Nc3ccc(F)cc3)CC2)cc1. The molecule has 154 valence electrons. The van der Waals surface area contributed by atoms with Crippen LogP contribution < -0.4 is 20.3 Å². The first kappa shape index (κ1) is 20.6. The van der Waals surface area contributed by atoms with Gasteiger partial charge in [-0.1, -0.05) is 0 Å². The van der Waals surface area contributed by atoms with Gasteiger partial charge >= 0.3 is 11.8 Å². The Hall–Kier alpha value is -3.13. The second-order valence-corrected chi connectivity index (χ2v) is 6.74. The van der Waals surface area contributed by atoms with Crippen molar-refractivity contribution in [2.45, 2.75) is 0 Å². The zero-order chi connectivity index (χ0) is 20.6. The van der Waals surface area contributed by atoms with Gasteiger partial charge in [-0.15, -0.1) is 0 Å². The molecule has 2 aromatic rings. The van der Waals surface area contributed by atoms with Crippen LogP contribution in [-0.4, -0.2) is 63.1 Å². The fourth-order valence-corrected chi connectivity index (χ4v) is 3.15. The lowest BCUT2D eigenvalue weighted by atomic mass is 10.2. The zero-order valence-corrected chi connectivity index (χ0v) is 16.4. The molecule has 29 heavy (non-hydrogen) atoms. The number of amides is 2. The molecule has 0 atom stereocenters. The highest BCUT2D eigenvalue weighted by molar-refractivity contribution is 6.39. The number of rotatable bonds is 6. The molecule has 0 aliphatic carbocycles. The Bertz CT molecular complexity index is 819. The van der Waals surface area contributed by atoms with E-state index in [-0.39, 0.29) is 0 Å². The minimum Gasteiger partial charge on any atom is -0.497 e. The van der Waals surface area contributed by atoms with Crippen molar-refractivity contribution < 1.29 is 18.7 Å². The van der Waals surface area contributed by atoms with Gasteiger partial charge < -0.3 is 20.3 Å². The number of nitrogens with one attached hydrogen (secondary N) is 2. The number of nitrogens with zero attached hydrogens (tertiary/aromatic N) is 2. The Morgan fingerprint density at radius 3 is 2.24 bits per heavy atom. The van der Waals surface area contributed by atoms with E-state index in [0.29, 0.717) is 18.8 Å². The van der Waals surface area contributed by atoms with Gasteiger partial charge in [-0.25, -0.2) is 4.39 Å². The molecule has 0 radical (unpaired) electrons. The Morgan fingerprint density at radius 1 is 0.966 bits per heavy atom. The van der Waals surface area contributed by atoms with E-state index in [1.807, 2.05) is 12.1 Å². The Labute approximate surface area is 169 Å². The van der Waals surface area contributed by atoms with Crippen molar-refractivity contribution in [1.82, 2.24) is 10.2 Å². The second kappa shape index (κ2) is 9.88. The number of methoxy groups -OCH3 is 1. The average Bonchev–Trinajstić information content (AvgIpc) is 2.76. The molecule has 1 aliphatic rings. The largest absolute Gasteiger partial charge is 0.497 e. The van der Waals surface area contributed by atoms with Crippen molar-refractivity contribution in [3.8, 4) is 5.75 Å². The van der Waals surface area contributed by atoms with Crippen LogP contribution in [0, 0.1) is 5.82 Å². The number of ether oxygens (including phenoxy) is 1. The smallest absolute Gasteiger partial charge is 0.313 e. The minimum absolute atomic E-state index is 0.376.